The molecule has 0 saturated carbocycles. The number of benzene rings is 2. The molecule has 0 amide bonds. The molecule has 8 heteroatoms. The third-order valence-corrected chi connectivity index (χ3v) is 7.92. The van der Waals surface area contributed by atoms with Crippen molar-refractivity contribution in [3.05, 3.63) is 69.7 Å². The Bertz CT molecular complexity index is 1250. The molecule has 2 heterocycles. The highest BCUT2D eigenvalue weighted by atomic mass is 35.5. The smallest absolute Gasteiger partial charge is 0.261 e. The van der Waals surface area contributed by atoms with Gasteiger partial charge in [0.25, 0.3) is 5.56 Å². The van der Waals surface area contributed by atoms with E-state index < -0.39 is 10.0 Å². The maximum Gasteiger partial charge on any atom is 0.261 e. The van der Waals surface area contributed by atoms with Gasteiger partial charge in [-0.1, -0.05) is 37.6 Å². The quantitative estimate of drug-likeness (QED) is 0.571. The lowest BCUT2D eigenvalue weighted by Gasteiger charge is -2.32. The van der Waals surface area contributed by atoms with Gasteiger partial charge in [-0.05, 0) is 61.1 Å². The monoisotopic (exact) mass is 459 g/mol. The second-order valence-corrected chi connectivity index (χ2v) is 10.9. The van der Waals surface area contributed by atoms with Gasteiger partial charge in [0.2, 0.25) is 10.0 Å². The van der Waals surface area contributed by atoms with Crippen LogP contribution >= 0.6 is 11.6 Å². The summed E-state index contributed by atoms with van der Waals surface area (Å²) in [5.74, 6) is 0.520. The van der Waals surface area contributed by atoms with Gasteiger partial charge >= 0.3 is 0 Å². The number of aromatic nitrogens is 2. The van der Waals surface area contributed by atoms with Gasteiger partial charge in [-0.3, -0.25) is 9.36 Å². The summed E-state index contributed by atoms with van der Waals surface area (Å²) in [6.07, 6.45) is 3.59. The summed E-state index contributed by atoms with van der Waals surface area (Å²) in [7, 11) is -3.55. The number of hydrogen-bond donors (Lipinski definition) is 0. The minimum atomic E-state index is -3.55. The van der Waals surface area contributed by atoms with Crippen LogP contribution in [0.15, 0.2) is 58.5 Å². The molecule has 1 saturated heterocycles. The van der Waals surface area contributed by atoms with Crippen molar-refractivity contribution < 1.29 is 8.42 Å². The molecule has 164 valence electrons. The van der Waals surface area contributed by atoms with E-state index in [2.05, 4.69) is 18.8 Å². The van der Waals surface area contributed by atoms with E-state index in [1.807, 2.05) is 12.1 Å². The maximum absolute atomic E-state index is 13.1. The highest BCUT2D eigenvalue weighted by Crippen LogP contribution is 2.27. The van der Waals surface area contributed by atoms with Gasteiger partial charge in [0.05, 0.1) is 22.1 Å². The predicted molar refractivity (Wildman–Crippen MR) is 123 cm³/mol. The van der Waals surface area contributed by atoms with Crippen molar-refractivity contribution in [2.75, 3.05) is 13.1 Å². The lowest BCUT2D eigenvalue weighted by Crippen LogP contribution is -2.40. The first kappa shape index (κ1) is 22.0. The summed E-state index contributed by atoms with van der Waals surface area (Å²) < 4.78 is 29.3. The Kier molecular flexibility index (Phi) is 6.19. The molecule has 3 aromatic rings. The summed E-state index contributed by atoms with van der Waals surface area (Å²) in [5, 5.41) is 1.05. The van der Waals surface area contributed by atoms with Crippen LogP contribution in [0.5, 0.6) is 0 Å². The summed E-state index contributed by atoms with van der Waals surface area (Å²) in [6, 6.07) is 12.1. The SMILES string of the molecule is CC(C)Cc1ccc(S(=O)(=O)N2CCC(n3cnc4cc(Cl)ccc4c3=O)CC2)cc1. The number of halogens is 1. The van der Waals surface area contributed by atoms with Gasteiger partial charge in [-0.2, -0.15) is 4.31 Å². The van der Waals surface area contributed by atoms with Gasteiger partial charge in [0.1, 0.15) is 0 Å². The number of piperidine rings is 1. The molecule has 0 radical (unpaired) electrons. The molecular formula is C23H26ClN3O3S. The zero-order valence-electron chi connectivity index (χ0n) is 17.7. The van der Waals surface area contributed by atoms with Crippen LogP contribution in [0.3, 0.4) is 0 Å². The Hall–Kier alpha value is -2.22. The van der Waals surface area contributed by atoms with Crippen LogP contribution in [-0.2, 0) is 16.4 Å². The highest BCUT2D eigenvalue weighted by Gasteiger charge is 2.30. The maximum atomic E-state index is 13.1. The normalized spacial score (nSPS) is 16.3. The summed E-state index contributed by atoms with van der Waals surface area (Å²) >= 11 is 5.99. The molecule has 0 aliphatic carbocycles. The summed E-state index contributed by atoms with van der Waals surface area (Å²) in [5.41, 5.74) is 1.58. The van der Waals surface area contributed by atoms with E-state index in [1.54, 1.807) is 41.2 Å². The first-order valence-corrected chi connectivity index (χ1v) is 12.3. The Balaban J connectivity index is 1.49. The Morgan fingerprint density at radius 1 is 1.10 bits per heavy atom. The Morgan fingerprint density at radius 3 is 2.42 bits per heavy atom. The number of hydrogen-bond acceptors (Lipinski definition) is 4. The third-order valence-electron chi connectivity index (χ3n) is 5.77. The molecule has 1 aliphatic heterocycles. The van der Waals surface area contributed by atoms with Crippen molar-refractivity contribution in [2.45, 2.75) is 44.0 Å². The van der Waals surface area contributed by atoms with E-state index in [-0.39, 0.29) is 11.6 Å². The Labute approximate surface area is 187 Å². The van der Waals surface area contributed by atoms with Crippen LogP contribution in [0.4, 0.5) is 0 Å². The van der Waals surface area contributed by atoms with Gasteiger partial charge in [-0.15, -0.1) is 0 Å². The van der Waals surface area contributed by atoms with E-state index >= 15 is 0 Å². The van der Waals surface area contributed by atoms with Crippen LogP contribution in [-0.4, -0.2) is 35.4 Å². The molecule has 0 atom stereocenters. The van der Waals surface area contributed by atoms with Gasteiger partial charge in [0, 0.05) is 24.2 Å². The van der Waals surface area contributed by atoms with Gasteiger partial charge in [0.15, 0.2) is 0 Å². The van der Waals surface area contributed by atoms with Crippen molar-refractivity contribution in [1.82, 2.24) is 13.9 Å². The van der Waals surface area contributed by atoms with E-state index in [0.29, 0.717) is 52.7 Å². The highest BCUT2D eigenvalue weighted by molar-refractivity contribution is 7.89. The molecule has 6 nitrogen and oxygen atoms in total. The van der Waals surface area contributed by atoms with Crippen LogP contribution in [0, 0.1) is 5.92 Å². The lowest BCUT2D eigenvalue weighted by atomic mass is 10.0. The van der Waals surface area contributed by atoms with E-state index in [0.717, 1.165) is 12.0 Å². The molecule has 1 aromatic heterocycles. The van der Waals surface area contributed by atoms with Crippen LogP contribution < -0.4 is 5.56 Å². The molecule has 0 bridgehead atoms. The average Bonchev–Trinajstić information content (AvgIpc) is 2.74. The molecule has 1 aliphatic rings. The number of fused-ring (bicyclic) bond motifs is 1. The Morgan fingerprint density at radius 2 is 1.77 bits per heavy atom. The second kappa shape index (κ2) is 8.73. The lowest BCUT2D eigenvalue weighted by molar-refractivity contribution is 0.269. The van der Waals surface area contributed by atoms with Crippen molar-refractivity contribution in [3.8, 4) is 0 Å². The molecule has 0 N–H and O–H groups in total. The largest absolute Gasteiger partial charge is 0.296 e. The third kappa shape index (κ3) is 4.54. The first-order valence-electron chi connectivity index (χ1n) is 10.5. The summed E-state index contributed by atoms with van der Waals surface area (Å²) in [4.78, 5) is 17.6. The zero-order chi connectivity index (χ0) is 22.2. The fraction of sp³-hybridized carbons (Fsp3) is 0.391. The van der Waals surface area contributed by atoms with E-state index in [4.69, 9.17) is 11.6 Å². The average molecular weight is 460 g/mol. The van der Waals surface area contributed by atoms with Crippen LogP contribution in [0.25, 0.3) is 10.9 Å². The van der Waals surface area contributed by atoms with Crippen LogP contribution in [0.2, 0.25) is 5.02 Å². The topological polar surface area (TPSA) is 72.3 Å². The van der Waals surface area contributed by atoms with Crippen molar-refractivity contribution in [2.24, 2.45) is 5.92 Å². The van der Waals surface area contributed by atoms with E-state index in [1.165, 1.54) is 4.31 Å². The molecule has 4 rings (SSSR count). The number of rotatable bonds is 5. The van der Waals surface area contributed by atoms with Gasteiger partial charge < -0.3 is 0 Å². The van der Waals surface area contributed by atoms with Crippen molar-refractivity contribution in [1.29, 1.82) is 0 Å². The molecule has 2 aromatic carbocycles. The fourth-order valence-electron chi connectivity index (χ4n) is 4.15. The standard InChI is InChI=1S/C23H26ClN3O3S/c1-16(2)13-17-3-6-20(7-4-17)31(29,30)26-11-9-19(10-12-26)27-15-25-22-14-18(24)5-8-21(22)23(27)28/h3-8,14-16,19H,9-13H2,1-2H3. The first-order chi connectivity index (χ1) is 14.8. The minimum Gasteiger partial charge on any atom is -0.296 e. The van der Waals surface area contributed by atoms with Crippen molar-refractivity contribution >= 4 is 32.5 Å². The van der Waals surface area contributed by atoms with Gasteiger partial charge in [-0.25, -0.2) is 13.4 Å². The van der Waals surface area contributed by atoms with Crippen molar-refractivity contribution in [3.63, 3.8) is 0 Å². The number of nitrogens with zero attached hydrogens (tertiary/aromatic N) is 3. The summed E-state index contributed by atoms with van der Waals surface area (Å²) in [6.45, 7) is 5.01. The molecule has 31 heavy (non-hydrogen) atoms. The van der Waals surface area contributed by atoms with Crippen LogP contribution in [0.1, 0.15) is 38.3 Å². The molecule has 0 spiro atoms. The predicted octanol–water partition coefficient (Wildman–Crippen LogP) is 4.27. The molecule has 1 fully saturated rings. The number of sulfonamides is 1. The zero-order valence-corrected chi connectivity index (χ0v) is 19.2. The second-order valence-electron chi connectivity index (χ2n) is 8.50. The minimum absolute atomic E-state index is 0.0834. The molecule has 0 unspecified atom stereocenters. The van der Waals surface area contributed by atoms with E-state index in [9.17, 15) is 13.2 Å². The molecular weight excluding hydrogens is 434 g/mol. The fourth-order valence-corrected chi connectivity index (χ4v) is 5.78.